The molecule has 3 N–H and O–H groups in total. The van der Waals surface area contributed by atoms with Gasteiger partial charge in [0, 0.05) is 26.0 Å². The van der Waals surface area contributed by atoms with Gasteiger partial charge in [0.2, 0.25) is 11.8 Å². The molecule has 1 aliphatic rings. The zero-order valence-electron chi connectivity index (χ0n) is 10.4. The first-order chi connectivity index (χ1) is 8.08. The highest BCUT2D eigenvalue weighted by Crippen LogP contribution is 2.21. The van der Waals surface area contributed by atoms with Crippen LogP contribution in [-0.2, 0) is 14.3 Å². The quantitative estimate of drug-likeness (QED) is 0.673. The van der Waals surface area contributed by atoms with Gasteiger partial charge in [-0.3, -0.25) is 9.59 Å². The van der Waals surface area contributed by atoms with Crippen molar-refractivity contribution in [3.63, 3.8) is 0 Å². The van der Waals surface area contributed by atoms with Crippen molar-refractivity contribution >= 4 is 11.8 Å². The molecule has 17 heavy (non-hydrogen) atoms. The molecule has 1 aliphatic carbocycles. The molecule has 0 aliphatic heterocycles. The lowest BCUT2D eigenvalue weighted by atomic mass is 9.93. The molecule has 0 bridgehead atoms. The van der Waals surface area contributed by atoms with E-state index in [1.807, 2.05) is 0 Å². The first kappa shape index (κ1) is 14.0. The van der Waals surface area contributed by atoms with E-state index in [0.717, 1.165) is 25.7 Å². The summed E-state index contributed by atoms with van der Waals surface area (Å²) < 4.78 is 5.67. The number of hydrogen-bond acceptors (Lipinski definition) is 3. The Morgan fingerprint density at radius 1 is 1.29 bits per heavy atom. The van der Waals surface area contributed by atoms with E-state index in [4.69, 9.17) is 10.5 Å². The molecule has 98 valence electrons. The Bertz CT molecular complexity index is 258. The Balaban J connectivity index is 2.06. The summed E-state index contributed by atoms with van der Waals surface area (Å²) in [6.07, 6.45) is 5.25. The van der Waals surface area contributed by atoms with Gasteiger partial charge in [0.1, 0.15) is 0 Å². The molecule has 5 nitrogen and oxygen atoms in total. The smallest absolute Gasteiger partial charge is 0.217 e. The van der Waals surface area contributed by atoms with Crippen molar-refractivity contribution in [3.8, 4) is 0 Å². The predicted octanol–water partition coefficient (Wildman–Crippen LogP) is 0.716. The second-order valence-corrected chi connectivity index (χ2v) is 4.61. The van der Waals surface area contributed by atoms with Crippen molar-refractivity contribution in [1.82, 2.24) is 5.32 Å². The molecule has 0 heterocycles. The summed E-state index contributed by atoms with van der Waals surface area (Å²) in [4.78, 5) is 21.4. The minimum absolute atomic E-state index is 0.0378. The maximum atomic E-state index is 10.9. The molecule has 0 radical (unpaired) electrons. The number of hydrogen-bond donors (Lipinski definition) is 2. The zero-order valence-corrected chi connectivity index (χ0v) is 10.4. The molecule has 1 fully saturated rings. The Hall–Kier alpha value is -1.10. The van der Waals surface area contributed by atoms with Crippen LogP contribution in [0.1, 0.15) is 45.4 Å². The third-order valence-corrected chi connectivity index (χ3v) is 3.00. The van der Waals surface area contributed by atoms with Crippen molar-refractivity contribution in [1.29, 1.82) is 0 Å². The summed E-state index contributed by atoms with van der Waals surface area (Å²) in [7, 11) is 0. The van der Waals surface area contributed by atoms with Gasteiger partial charge in [-0.05, 0) is 32.1 Å². The van der Waals surface area contributed by atoms with Crippen LogP contribution in [0, 0.1) is 0 Å². The Kier molecular flexibility index (Phi) is 5.97. The van der Waals surface area contributed by atoms with Crippen LogP contribution >= 0.6 is 0 Å². The summed E-state index contributed by atoms with van der Waals surface area (Å²) in [5, 5.41) is 2.93. The van der Waals surface area contributed by atoms with Crippen LogP contribution in [0.3, 0.4) is 0 Å². The minimum Gasteiger partial charge on any atom is -0.378 e. The van der Waals surface area contributed by atoms with Gasteiger partial charge >= 0.3 is 0 Å². The van der Waals surface area contributed by atoms with Gasteiger partial charge in [0.25, 0.3) is 0 Å². The van der Waals surface area contributed by atoms with Crippen molar-refractivity contribution in [3.05, 3.63) is 0 Å². The van der Waals surface area contributed by atoms with Crippen molar-refractivity contribution in [2.45, 2.75) is 57.6 Å². The fourth-order valence-corrected chi connectivity index (χ4v) is 2.16. The molecule has 0 spiro atoms. The van der Waals surface area contributed by atoms with Crippen LogP contribution in [0.15, 0.2) is 0 Å². The SMILES string of the molecule is CC(=O)NC1CCC(OCCCC(N)=O)CC1. The molecule has 0 aromatic rings. The van der Waals surface area contributed by atoms with Gasteiger partial charge < -0.3 is 15.8 Å². The lowest BCUT2D eigenvalue weighted by Crippen LogP contribution is -2.37. The fraction of sp³-hybridized carbons (Fsp3) is 0.833. The lowest BCUT2D eigenvalue weighted by molar-refractivity contribution is -0.120. The van der Waals surface area contributed by atoms with E-state index in [2.05, 4.69) is 5.32 Å². The van der Waals surface area contributed by atoms with Gasteiger partial charge in [-0.15, -0.1) is 0 Å². The normalized spacial score (nSPS) is 24.3. The minimum atomic E-state index is -0.275. The Morgan fingerprint density at radius 2 is 1.94 bits per heavy atom. The van der Waals surface area contributed by atoms with Crippen molar-refractivity contribution in [2.24, 2.45) is 5.73 Å². The van der Waals surface area contributed by atoms with Gasteiger partial charge in [0.15, 0.2) is 0 Å². The third kappa shape index (κ3) is 6.26. The standard InChI is InChI=1S/C12H22N2O3/c1-9(15)14-10-4-6-11(7-5-10)17-8-2-3-12(13)16/h10-11H,2-8H2,1H3,(H2,13,16)(H,14,15). The molecule has 1 saturated carbocycles. The van der Waals surface area contributed by atoms with E-state index in [0.29, 0.717) is 25.5 Å². The topological polar surface area (TPSA) is 81.4 Å². The highest BCUT2D eigenvalue weighted by atomic mass is 16.5. The first-order valence-corrected chi connectivity index (χ1v) is 6.25. The molecule has 0 aromatic carbocycles. The van der Waals surface area contributed by atoms with Crippen molar-refractivity contribution < 1.29 is 14.3 Å². The largest absolute Gasteiger partial charge is 0.378 e. The molecule has 0 aromatic heterocycles. The van der Waals surface area contributed by atoms with Crippen LogP contribution in [0.5, 0.6) is 0 Å². The van der Waals surface area contributed by atoms with Crippen LogP contribution in [0.4, 0.5) is 0 Å². The van der Waals surface area contributed by atoms with Gasteiger partial charge in [-0.1, -0.05) is 0 Å². The maximum absolute atomic E-state index is 10.9. The summed E-state index contributed by atoms with van der Waals surface area (Å²) in [6, 6.07) is 0.304. The van der Waals surface area contributed by atoms with Gasteiger partial charge in [-0.2, -0.15) is 0 Å². The fourth-order valence-electron chi connectivity index (χ4n) is 2.16. The molecule has 2 amide bonds. The van der Waals surface area contributed by atoms with Crippen LogP contribution in [0.25, 0.3) is 0 Å². The molecular formula is C12H22N2O3. The van der Waals surface area contributed by atoms with E-state index in [1.165, 1.54) is 0 Å². The average Bonchev–Trinajstić information content (AvgIpc) is 2.25. The van der Waals surface area contributed by atoms with Crippen LogP contribution in [0.2, 0.25) is 0 Å². The Morgan fingerprint density at radius 3 is 2.47 bits per heavy atom. The second kappa shape index (κ2) is 7.27. The van der Waals surface area contributed by atoms with E-state index in [9.17, 15) is 9.59 Å². The Labute approximate surface area is 102 Å². The number of ether oxygens (including phenoxy) is 1. The van der Waals surface area contributed by atoms with E-state index in [1.54, 1.807) is 6.92 Å². The monoisotopic (exact) mass is 242 g/mol. The lowest BCUT2D eigenvalue weighted by Gasteiger charge is -2.28. The number of nitrogens with two attached hydrogens (primary N) is 1. The number of primary amides is 1. The summed E-state index contributed by atoms with van der Waals surface area (Å²) >= 11 is 0. The van der Waals surface area contributed by atoms with Crippen molar-refractivity contribution in [2.75, 3.05) is 6.61 Å². The van der Waals surface area contributed by atoms with E-state index >= 15 is 0 Å². The highest BCUT2D eigenvalue weighted by Gasteiger charge is 2.21. The molecule has 0 unspecified atom stereocenters. The van der Waals surface area contributed by atoms with Gasteiger partial charge in [-0.25, -0.2) is 0 Å². The predicted molar refractivity (Wildman–Crippen MR) is 64.2 cm³/mol. The summed E-state index contributed by atoms with van der Waals surface area (Å²) in [5.41, 5.74) is 5.04. The molecule has 1 rings (SSSR count). The zero-order chi connectivity index (χ0) is 12.7. The first-order valence-electron chi connectivity index (χ1n) is 6.25. The third-order valence-electron chi connectivity index (χ3n) is 3.00. The molecule has 0 saturated heterocycles. The van der Waals surface area contributed by atoms with Crippen LogP contribution in [-0.4, -0.2) is 30.6 Å². The van der Waals surface area contributed by atoms with Gasteiger partial charge in [0.05, 0.1) is 6.10 Å². The highest BCUT2D eigenvalue weighted by molar-refractivity contribution is 5.73. The average molecular weight is 242 g/mol. The molecule has 5 heteroatoms. The maximum Gasteiger partial charge on any atom is 0.217 e. The van der Waals surface area contributed by atoms with Crippen LogP contribution < -0.4 is 11.1 Å². The molecule has 0 atom stereocenters. The number of nitrogens with one attached hydrogen (secondary N) is 1. The summed E-state index contributed by atoms with van der Waals surface area (Å²) in [5.74, 6) is -0.237. The van der Waals surface area contributed by atoms with E-state index < -0.39 is 0 Å². The second-order valence-electron chi connectivity index (χ2n) is 4.61. The number of amides is 2. The number of carbonyl (C=O) groups is 2. The number of carbonyl (C=O) groups excluding carboxylic acids is 2. The van der Waals surface area contributed by atoms with E-state index in [-0.39, 0.29) is 17.9 Å². The number of rotatable bonds is 6. The molecular weight excluding hydrogens is 220 g/mol. The summed E-state index contributed by atoms with van der Waals surface area (Å²) in [6.45, 7) is 2.14.